The van der Waals surface area contributed by atoms with Gasteiger partial charge >= 0.3 is 0 Å². The Morgan fingerprint density at radius 3 is 2.62 bits per heavy atom. The molecule has 2 rings (SSSR count). The third kappa shape index (κ3) is 1.36. The Hall–Kier alpha value is -0.870. The third-order valence-electron chi connectivity index (χ3n) is 2.70. The molecule has 0 radical (unpaired) electrons. The first-order valence-corrected chi connectivity index (χ1v) is 4.44. The molecule has 0 spiro atoms. The Bertz CT molecular complexity index is 296. The maximum atomic E-state index is 5.55. The maximum Gasteiger partial charge on any atom is 0.203 e. The van der Waals surface area contributed by atoms with Crippen LogP contribution in [0.25, 0.3) is 0 Å². The standard InChI is InChI=1S/C9H14N2O2/c1-6-7(2)13-8(11-6)9(3-4-9)5-12-10/h3-5,10H2,1-2H3. The molecule has 0 saturated heterocycles. The Morgan fingerprint density at radius 2 is 2.23 bits per heavy atom. The average molecular weight is 182 g/mol. The van der Waals surface area contributed by atoms with Crippen molar-refractivity contribution in [1.82, 2.24) is 4.98 Å². The zero-order chi connectivity index (χ0) is 9.47. The molecular weight excluding hydrogens is 168 g/mol. The highest BCUT2D eigenvalue weighted by molar-refractivity contribution is 5.19. The van der Waals surface area contributed by atoms with Crippen LogP contribution >= 0.6 is 0 Å². The summed E-state index contributed by atoms with van der Waals surface area (Å²) in [6.45, 7) is 4.37. The van der Waals surface area contributed by atoms with E-state index in [1.54, 1.807) is 0 Å². The maximum absolute atomic E-state index is 5.55. The summed E-state index contributed by atoms with van der Waals surface area (Å²) in [6.07, 6.45) is 2.12. The molecule has 4 heteroatoms. The van der Waals surface area contributed by atoms with E-state index in [1.807, 2.05) is 13.8 Å². The quantitative estimate of drug-likeness (QED) is 0.714. The van der Waals surface area contributed by atoms with Gasteiger partial charge in [0.2, 0.25) is 5.89 Å². The molecule has 0 amide bonds. The summed E-state index contributed by atoms with van der Waals surface area (Å²) in [7, 11) is 0. The fraction of sp³-hybridized carbons (Fsp3) is 0.667. The van der Waals surface area contributed by atoms with E-state index in [1.165, 1.54) is 0 Å². The van der Waals surface area contributed by atoms with Gasteiger partial charge in [-0.3, -0.25) is 0 Å². The van der Waals surface area contributed by atoms with Crippen molar-refractivity contribution in [2.75, 3.05) is 6.61 Å². The molecule has 4 nitrogen and oxygen atoms in total. The van der Waals surface area contributed by atoms with Gasteiger partial charge in [-0.15, -0.1) is 0 Å². The van der Waals surface area contributed by atoms with Crippen molar-refractivity contribution in [2.24, 2.45) is 5.90 Å². The van der Waals surface area contributed by atoms with Gasteiger partial charge in [0.15, 0.2) is 0 Å². The summed E-state index contributed by atoms with van der Waals surface area (Å²) in [5.74, 6) is 6.74. The molecule has 1 saturated carbocycles. The van der Waals surface area contributed by atoms with Gasteiger partial charge in [-0.05, 0) is 26.7 Å². The Balaban J connectivity index is 2.25. The zero-order valence-electron chi connectivity index (χ0n) is 7.96. The molecule has 72 valence electrons. The molecule has 0 aromatic carbocycles. The van der Waals surface area contributed by atoms with Crippen LogP contribution < -0.4 is 5.90 Å². The van der Waals surface area contributed by atoms with Crippen molar-refractivity contribution < 1.29 is 9.25 Å². The molecule has 0 unspecified atom stereocenters. The molecule has 1 aromatic rings. The molecule has 1 fully saturated rings. The molecule has 0 atom stereocenters. The fourth-order valence-electron chi connectivity index (χ4n) is 1.43. The van der Waals surface area contributed by atoms with Gasteiger partial charge in [-0.25, -0.2) is 10.9 Å². The van der Waals surface area contributed by atoms with E-state index in [0.717, 1.165) is 30.2 Å². The summed E-state index contributed by atoms with van der Waals surface area (Å²) >= 11 is 0. The van der Waals surface area contributed by atoms with Crippen molar-refractivity contribution >= 4 is 0 Å². The smallest absolute Gasteiger partial charge is 0.203 e. The van der Waals surface area contributed by atoms with Crippen molar-refractivity contribution in [3.05, 3.63) is 17.3 Å². The number of nitrogens with zero attached hydrogens (tertiary/aromatic N) is 1. The lowest BCUT2D eigenvalue weighted by Gasteiger charge is -2.07. The minimum Gasteiger partial charge on any atom is -0.445 e. The molecule has 0 bridgehead atoms. The Kier molecular flexibility index (Phi) is 1.89. The van der Waals surface area contributed by atoms with Crippen LogP contribution in [0.3, 0.4) is 0 Å². The summed E-state index contributed by atoms with van der Waals surface area (Å²) in [6, 6.07) is 0. The number of rotatable bonds is 3. The van der Waals surface area contributed by atoms with Crippen LogP contribution in [0.5, 0.6) is 0 Å². The minimum absolute atomic E-state index is 0.0201. The van der Waals surface area contributed by atoms with Crippen LogP contribution in [0.4, 0.5) is 0 Å². The van der Waals surface area contributed by atoms with Gasteiger partial charge in [0.25, 0.3) is 0 Å². The summed E-state index contributed by atoms with van der Waals surface area (Å²) in [4.78, 5) is 9.03. The topological polar surface area (TPSA) is 61.3 Å². The molecular formula is C9H14N2O2. The van der Waals surface area contributed by atoms with Gasteiger partial charge in [0, 0.05) is 0 Å². The highest BCUT2D eigenvalue weighted by Crippen LogP contribution is 2.47. The lowest BCUT2D eigenvalue weighted by Crippen LogP contribution is -2.18. The number of aryl methyl sites for hydroxylation is 2. The number of nitrogens with two attached hydrogens (primary N) is 1. The first-order chi connectivity index (χ1) is 6.18. The van der Waals surface area contributed by atoms with E-state index in [9.17, 15) is 0 Å². The van der Waals surface area contributed by atoms with Crippen LogP contribution in [-0.2, 0) is 10.3 Å². The highest BCUT2D eigenvalue weighted by atomic mass is 16.6. The average Bonchev–Trinajstić information content (AvgIpc) is 2.78. The van der Waals surface area contributed by atoms with Crippen LogP contribution in [0, 0.1) is 13.8 Å². The van der Waals surface area contributed by atoms with Gasteiger partial charge in [-0.1, -0.05) is 0 Å². The largest absolute Gasteiger partial charge is 0.445 e. The van der Waals surface area contributed by atoms with Crippen LogP contribution in [0.2, 0.25) is 0 Å². The number of hydrogen-bond acceptors (Lipinski definition) is 4. The molecule has 0 aliphatic heterocycles. The van der Waals surface area contributed by atoms with E-state index < -0.39 is 0 Å². The molecule has 2 N–H and O–H groups in total. The van der Waals surface area contributed by atoms with Gasteiger partial charge in [-0.2, -0.15) is 0 Å². The molecule has 1 aliphatic rings. The van der Waals surface area contributed by atoms with Crippen LogP contribution in [0.15, 0.2) is 4.42 Å². The third-order valence-corrected chi connectivity index (χ3v) is 2.70. The normalized spacial score (nSPS) is 19.0. The minimum atomic E-state index is -0.0201. The second-order valence-corrected chi connectivity index (χ2v) is 3.75. The Morgan fingerprint density at radius 1 is 1.54 bits per heavy atom. The molecule has 13 heavy (non-hydrogen) atoms. The van der Waals surface area contributed by atoms with Crippen LogP contribution in [0.1, 0.15) is 30.2 Å². The highest BCUT2D eigenvalue weighted by Gasteiger charge is 2.49. The monoisotopic (exact) mass is 182 g/mol. The SMILES string of the molecule is Cc1nc(C2(CON)CC2)oc1C. The lowest BCUT2D eigenvalue weighted by atomic mass is 10.1. The predicted molar refractivity (Wildman–Crippen MR) is 47.0 cm³/mol. The van der Waals surface area contributed by atoms with E-state index in [0.29, 0.717) is 6.61 Å². The summed E-state index contributed by atoms with van der Waals surface area (Å²) in [5.41, 5.74) is 0.937. The second kappa shape index (κ2) is 2.82. The summed E-state index contributed by atoms with van der Waals surface area (Å²) in [5, 5.41) is 0. The number of hydrogen-bond donors (Lipinski definition) is 1. The van der Waals surface area contributed by atoms with E-state index >= 15 is 0 Å². The fourth-order valence-corrected chi connectivity index (χ4v) is 1.43. The summed E-state index contributed by atoms with van der Waals surface area (Å²) < 4.78 is 5.55. The van der Waals surface area contributed by atoms with Crippen molar-refractivity contribution in [1.29, 1.82) is 0 Å². The van der Waals surface area contributed by atoms with E-state index in [4.69, 9.17) is 10.3 Å². The van der Waals surface area contributed by atoms with E-state index in [-0.39, 0.29) is 5.41 Å². The van der Waals surface area contributed by atoms with Crippen molar-refractivity contribution in [3.8, 4) is 0 Å². The van der Waals surface area contributed by atoms with E-state index in [2.05, 4.69) is 9.82 Å². The lowest BCUT2D eigenvalue weighted by molar-refractivity contribution is 0.107. The second-order valence-electron chi connectivity index (χ2n) is 3.75. The molecule has 1 heterocycles. The van der Waals surface area contributed by atoms with Gasteiger partial charge in [0.1, 0.15) is 5.76 Å². The van der Waals surface area contributed by atoms with Gasteiger partial charge in [0.05, 0.1) is 17.7 Å². The number of oxazole rings is 1. The molecule has 1 aliphatic carbocycles. The Labute approximate surface area is 77.0 Å². The van der Waals surface area contributed by atoms with Crippen molar-refractivity contribution in [3.63, 3.8) is 0 Å². The van der Waals surface area contributed by atoms with Gasteiger partial charge < -0.3 is 9.25 Å². The molecule has 1 aromatic heterocycles. The predicted octanol–water partition coefficient (Wildman–Crippen LogP) is 1.21. The zero-order valence-corrected chi connectivity index (χ0v) is 7.96. The van der Waals surface area contributed by atoms with Crippen molar-refractivity contribution in [2.45, 2.75) is 32.1 Å². The number of aromatic nitrogens is 1. The first kappa shape index (κ1) is 8.72. The first-order valence-electron chi connectivity index (χ1n) is 4.44. The van der Waals surface area contributed by atoms with Crippen LogP contribution in [-0.4, -0.2) is 11.6 Å².